The smallest absolute Gasteiger partial charge is 0.220 e. The van der Waals surface area contributed by atoms with E-state index >= 15 is 0 Å². The molecule has 3 aliphatic rings. The van der Waals surface area contributed by atoms with Crippen molar-refractivity contribution in [1.29, 1.82) is 0 Å². The Bertz CT molecular complexity index is 1980. The summed E-state index contributed by atoms with van der Waals surface area (Å²) in [5.74, 6) is -0.289. The third-order valence-corrected chi connectivity index (χ3v) is 20.1. The van der Waals surface area contributed by atoms with Crippen LogP contribution in [0.15, 0.2) is 48.6 Å². The number of amides is 1. The third kappa shape index (κ3) is 41.3. The third-order valence-electron chi connectivity index (χ3n) is 20.1. The van der Waals surface area contributed by atoms with Crippen molar-refractivity contribution in [2.45, 2.75) is 426 Å². The van der Waals surface area contributed by atoms with E-state index in [2.05, 4.69) is 55.6 Å². The molecule has 17 unspecified atom stereocenters. The fourth-order valence-corrected chi connectivity index (χ4v) is 13.6. The zero-order chi connectivity index (χ0) is 71.8. The molecule has 580 valence electrons. The minimum atomic E-state index is -1.98. The number of aliphatic hydroxyl groups excluding tert-OH is 11. The molecule has 0 spiro atoms. The van der Waals surface area contributed by atoms with E-state index in [1.165, 1.54) is 231 Å². The van der Waals surface area contributed by atoms with Gasteiger partial charge in [-0.2, -0.15) is 0 Å². The monoisotopic (exact) mass is 1410 g/mol. The Morgan fingerprint density at radius 2 is 0.646 bits per heavy atom. The average molecular weight is 1410 g/mol. The van der Waals surface area contributed by atoms with Gasteiger partial charge in [-0.1, -0.05) is 294 Å². The molecule has 1 amide bonds. The summed E-state index contributed by atoms with van der Waals surface area (Å²) in [6.07, 6.45) is 49.7. The molecule has 3 fully saturated rings. The maximum Gasteiger partial charge on any atom is 0.220 e. The van der Waals surface area contributed by atoms with Gasteiger partial charge in [0.05, 0.1) is 38.6 Å². The van der Waals surface area contributed by atoms with Crippen LogP contribution >= 0.6 is 0 Å². The lowest BCUT2D eigenvalue weighted by Gasteiger charge is -2.48. The molecule has 0 aromatic heterocycles. The molecular formula is C80H147NO18. The zero-order valence-electron chi connectivity index (χ0n) is 62.0. The van der Waals surface area contributed by atoms with Crippen molar-refractivity contribution in [1.82, 2.24) is 5.32 Å². The Balaban J connectivity index is 1.39. The van der Waals surface area contributed by atoms with E-state index in [-0.39, 0.29) is 18.9 Å². The second kappa shape index (κ2) is 61.0. The number of hydrogen-bond donors (Lipinski definition) is 12. The van der Waals surface area contributed by atoms with Crippen LogP contribution in [0.1, 0.15) is 322 Å². The highest BCUT2D eigenvalue weighted by Crippen LogP contribution is 2.33. The van der Waals surface area contributed by atoms with Gasteiger partial charge in [0, 0.05) is 6.42 Å². The first kappa shape index (κ1) is 91.0. The molecule has 3 saturated heterocycles. The van der Waals surface area contributed by atoms with Gasteiger partial charge in [-0.3, -0.25) is 4.79 Å². The lowest BCUT2D eigenvalue weighted by molar-refractivity contribution is -0.379. The van der Waals surface area contributed by atoms with E-state index in [9.17, 15) is 61.0 Å². The summed E-state index contributed by atoms with van der Waals surface area (Å²) in [5, 5.41) is 121. The molecule has 12 N–H and O–H groups in total. The van der Waals surface area contributed by atoms with Crippen LogP contribution < -0.4 is 5.32 Å². The van der Waals surface area contributed by atoms with Crippen molar-refractivity contribution in [3.8, 4) is 0 Å². The summed E-state index contributed by atoms with van der Waals surface area (Å²) in [4.78, 5) is 13.4. The van der Waals surface area contributed by atoms with Gasteiger partial charge in [0.15, 0.2) is 18.9 Å². The van der Waals surface area contributed by atoms with Gasteiger partial charge in [-0.15, -0.1) is 0 Å². The van der Waals surface area contributed by atoms with Crippen molar-refractivity contribution in [3.05, 3.63) is 48.6 Å². The van der Waals surface area contributed by atoms with Crippen molar-refractivity contribution in [3.63, 3.8) is 0 Å². The van der Waals surface area contributed by atoms with Gasteiger partial charge in [0.1, 0.15) is 73.2 Å². The van der Waals surface area contributed by atoms with Crippen LogP contribution in [0.25, 0.3) is 0 Å². The number of unbranched alkanes of at least 4 members (excludes halogenated alkanes) is 42. The van der Waals surface area contributed by atoms with Gasteiger partial charge in [0.2, 0.25) is 5.91 Å². The predicted molar refractivity (Wildman–Crippen MR) is 392 cm³/mol. The molecule has 99 heavy (non-hydrogen) atoms. The largest absolute Gasteiger partial charge is 0.394 e. The Labute approximate surface area is 599 Å². The molecule has 0 bridgehead atoms. The average Bonchev–Trinajstić information content (AvgIpc) is 0.784. The fraction of sp³-hybridized carbons (Fsp3) is 0.887. The number of rotatable bonds is 64. The molecule has 0 aromatic rings. The van der Waals surface area contributed by atoms with E-state index < -0.39 is 124 Å². The molecule has 19 heteroatoms. The maximum absolute atomic E-state index is 13.4. The van der Waals surface area contributed by atoms with Crippen LogP contribution in [0.5, 0.6) is 0 Å². The lowest BCUT2D eigenvalue weighted by atomic mass is 9.96. The molecule has 0 saturated carbocycles. The molecular weight excluding hydrogens is 1260 g/mol. The fourth-order valence-electron chi connectivity index (χ4n) is 13.6. The predicted octanol–water partition coefficient (Wildman–Crippen LogP) is 13.3. The Hall–Kier alpha value is -2.25. The van der Waals surface area contributed by atoms with E-state index in [1.807, 2.05) is 6.08 Å². The summed E-state index contributed by atoms with van der Waals surface area (Å²) in [6.45, 7) is 1.75. The highest BCUT2D eigenvalue weighted by atomic mass is 16.8. The molecule has 0 aromatic carbocycles. The molecule has 3 aliphatic heterocycles. The van der Waals surface area contributed by atoms with Crippen LogP contribution in [-0.4, -0.2) is 193 Å². The Morgan fingerprint density at radius 3 is 1.01 bits per heavy atom. The van der Waals surface area contributed by atoms with Gasteiger partial charge in [-0.05, 0) is 70.6 Å². The zero-order valence-corrected chi connectivity index (χ0v) is 62.0. The molecule has 19 nitrogen and oxygen atoms in total. The highest BCUT2D eigenvalue weighted by molar-refractivity contribution is 5.76. The van der Waals surface area contributed by atoms with Crippen molar-refractivity contribution >= 4 is 5.91 Å². The SMILES string of the molecule is CCCCCCCCCC/C=C\CCCCCCCCCCCC(=O)NC(COC1OC(CO)C(OC2OC(CO)C(OC3OC(CO)C(O)C(O)C3O)C(O)C2O)C(O)C1O)C(O)/C=C/CC/C=C/CC/C=C/CCCCCCCCCCCCCCCCCCCCCCCCC. The van der Waals surface area contributed by atoms with Crippen LogP contribution in [0.3, 0.4) is 0 Å². The lowest BCUT2D eigenvalue weighted by Crippen LogP contribution is -2.66. The second-order valence-electron chi connectivity index (χ2n) is 28.9. The Morgan fingerprint density at radius 1 is 0.354 bits per heavy atom. The van der Waals surface area contributed by atoms with Crippen molar-refractivity contribution in [2.24, 2.45) is 0 Å². The minimum absolute atomic E-state index is 0.230. The summed E-state index contributed by atoms with van der Waals surface area (Å²) in [5.41, 5.74) is 0. The highest BCUT2D eigenvalue weighted by Gasteiger charge is 2.54. The molecule has 3 heterocycles. The van der Waals surface area contributed by atoms with Gasteiger partial charge >= 0.3 is 0 Å². The van der Waals surface area contributed by atoms with Crippen LogP contribution in [0.2, 0.25) is 0 Å². The number of allylic oxidation sites excluding steroid dienone is 7. The van der Waals surface area contributed by atoms with Crippen molar-refractivity contribution < 1.29 is 89.4 Å². The quantitative estimate of drug-likeness (QED) is 0.0199. The van der Waals surface area contributed by atoms with Crippen LogP contribution in [-0.2, 0) is 33.2 Å². The number of aliphatic hydroxyl groups is 11. The number of ether oxygens (including phenoxy) is 6. The van der Waals surface area contributed by atoms with E-state index in [0.717, 1.165) is 57.8 Å². The van der Waals surface area contributed by atoms with Crippen molar-refractivity contribution in [2.75, 3.05) is 26.4 Å². The first-order chi connectivity index (χ1) is 48.3. The first-order valence-electron chi connectivity index (χ1n) is 40.4. The summed E-state index contributed by atoms with van der Waals surface area (Å²) in [6, 6.07) is -1.000. The van der Waals surface area contributed by atoms with E-state index in [4.69, 9.17) is 28.4 Å². The maximum atomic E-state index is 13.4. The topological polar surface area (TPSA) is 307 Å². The Kier molecular flexibility index (Phi) is 56.0. The van der Waals surface area contributed by atoms with Crippen LogP contribution in [0.4, 0.5) is 0 Å². The normalized spacial score (nSPS) is 26.8. The molecule has 17 atom stereocenters. The summed E-state index contributed by atoms with van der Waals surface area (Å²) < 4.78 is 34.4. The minimum Gasteiger partial charge on any atom is -0.394 e. The molecule has 0 radical (unpaired) electrons. The van der Waals surface area contributed by atoms with E-state index in [1.54, 1.807) is 6.08 Å². The number of carbonyl (C=O) groups excluding carboxylic acids is 1. The number of carbonyl (C=O) groups is 1. The summed E-state index contributed by atoms with van der Waals surface area (Å²) >= 11 is 0. The molecule has 0 aliphatic carbocycles. The number of hydrogen-bond acceptors (Lipinski definition) is 18. The summed E-state index contributed by atoms with van der Waals surface area (Å²) in [7, 11) is 0. The van der Waals surface area contributed by atoms with Gasteiger partial charge < -0.3 is 89.9 Å². The van der Waals surface area contributed by atoms with Gasteiger partial charge in [0.25, 0.3) is 0 Å². The van der Waals surface area contributed by atoms with Crippen LogP contribution in [0, 0.1) is 0 Å². The first-order valence-corrected chi connectivity index (χ1v) is 40.4. The second-order valence-corrected chi connectivity index (χ2v) is 28.9. The van der Waals surface area contributed by atoms with Gasteiger partial charge in [-0.25, -0.2) is 0 Å². The standard InChI is InChI=1S/C80H147NO18/c1-3-5-7-9-11-13-15-17-19-21-23-25-26-27-28-29-30-31-32-33-34-35-36-38-39-41-43-45-47-49-51-53-55-57-64(85)63(81-68(86)58-56-54-52-50-48-46-44-42-40-37-24-22-20-18-16-14-12-10-8-6-4-2)62-94-78-74(92)71(89)76(66(60-83)96-78)99-80-75(93)72(90)77(67(61-84)97-80)98-79-73(91)70(88)69(87)65(59-82)95-79/h22,24,39,41,47,49,55,57,63-67,69-80,82-85,87-93H,3-21,23,25-38,40,42-46,48,50-54,56,58-62H2,1-2H3,(H,81,86)/b24-22-,41-39+,49-47+,57-55+. The van der Waals surface area contributed by atoms with E-state index in [0.29, 0.717) is 12.8 Å². The number of nitrogens with one attached hydrogen (secondary N) is 1. The molecule has 3 rings (SSSR count).